The van der Waals surface area contributed by atoms with Crippen molar-refractivity contribution in [3.05, 3.63) is 58.7 Å². The van der Waals surface area contributed by atoms with Crippen molar-refractivity contribution in [2.24, 2.45) is 0 Å². The van der Waals surface area contributed by atoms with Crippen LogP contribution >= 0.6 is 11.6 Å². The Labute approximate surface area is 116 Å². The van der Waals surface area contributed by atoms with Crippen LogP contribution in [-0.2, 0) is 0 Å². The maximum atomic E-state index is 10.0. The second-order valence-electron chi connectivity index (χ2n) is 3.96. The number of nitrogens with zero attached hydrogens (tertiary/aromatic N) is 2. The lowest BCUT2D eigenvalue weighted by atomic mass is 10.1. The number of pyridine rings is 1. The smallest absolute Gasteiger partial charge is 0.143 e. The summed E-state index contributed by atoms with van der Waals surface area (Å²) < 4.78 is 0. The van der Waals surface area contributed by atoms with Crippen molar-refractivity contribution in [2.75, 3.05) is 11.9 Å². The quantitative estimate of drug-likeness (QED) is 0.899. The Morgan fingerprint density at radius 2 is 2.05 bits per heavy atom. The number of benzene rings is 1. The van der Waals surface area contributed by atoms with Gasteiger partial charge in [-0.3, -0.25) is 0 Å². The molecule has 0 aliphatic heterocycles. The first-order chi connectivity index (χ1) is 9.20. The molecule has 0 fully saturated rings. The predicted molar refractivity (Wildman–Crippen MR) is 73.9 cm³/mol. The number of nitrogens with one attached hydrogen (secondary N) is 1. The number of hydrogen-bond donors (Lipinski definition) is 2. The molecule has 19 heavy (non-hydrogen) atoms. The predicted octanol–water partition coefficient (Wildman–Crippen LogP) is 2.75. The fraction of sp³-hybridized carbons (Fsp3) is 0.143. The second kappa shape index (κ2) is 6.19. The molecule has 0 radical (unpaired) electrons. The van der Waals surface area contributed by atoms with Gasteiger partial charge in [-0.1, -0.05) is 23.7 Å². The van der Waals surface area contributed by atoms with Crippen LogP contribution in [0, 0.1) is 11.3 Å². The van der Waals surface area contributed by atoms with Gasteiger partial charge >= 0.3 is 0 Å². The molecule has 0 saturated carbocycles. The highest BCUT2D eigenvalue weighted by Crippen LogP contribution is 2.17. The zero-order valence-corrected chi connectivity index (χ0v) is 10.8. The van der Waals surface area contributed by atoms with Crippen molar-refractivity contribution in [1.82, 2.24) is 4.98 Å². The van der Waals surface area contributed by atoms with Crippen molar-refractivity contribution in [3.8, 4) is 6.07 Å². The monoisotopic (exact) mass is 273 g/mol. The number of aromatic nitrogens is 1. The van der Waals surface area contributed by atoms with E-state index in [0.717, 1.165) is 5.56 Å². The average molecular weight is 274 g/mol. The third kappa shape index (κ3) is 3.44. The normalized spacial score (nSPS) is 11.6. The van der Waals surface area contributed by atoms with E-state index in [0.29, 0.717) is 16.4 Å². The van der Waals surface area contributed by atoms with Crippen molar-refractivity contribution in [3.63, 3.8) is 0 Å². The Morgan fingerprint density at radius 3 is 2.74 bits per heavy atom. The zero-order valence-electron chi connectivity index (χ0n) is 10.0. The average Bonchev–Trinajstić information content (AvgIpc) is 2.45. The summed E-state index contributed by atoms with van der Waals surface area (Å²) in [4.78, 5) is 4.06. The van der Waals surface area contributed by atoms with Gasteiger partial charge < -0.3 is 10.4 Å². The molecule has 1 heterocycles. The Morgan fingerprint density at radius 1 is 1.32 bits per heavy atom. The van der Waals surface area contributed by atoms with Crippen LogP contribution in [0.15, 0.2) is 42.6 Å². The number of aliphatic hydroxyl groups excluding tert-OH is 1. The molecule has 0 aliphatic rings. The Balaban J connectivity index is 2.02. The molecule has 1 aromatic heterocycles. The summed E-state index contributed by atoms with van der Waals surface area (Å²) in [5.41, 5.74) is 1.21. The van der Waals surface area contributed by atoms with Gasteiger partial charge in [-0.25, -0.2) is 4.98 Å². The molecule has 2 N–H and O–H groups in total. The van der Waals surface area contributed by atoms with E-state index in [2.05, 4.69) is 10.3 Å². The second-order valence-corrected chi connectivity index (χ2v) is 4.40. The highest BCUT2D eigenvalue weighted by atomic mass is 35.5. The third-order valence-electron chi connectivity index (χ3n) is 2.65. The van der Waals surface area contributed by atoms with Crippen LogP contribution < -0.4 is 5.32 Å². The topological polar surface area (TPSA) is 68.9 Å². The lowest BCUT2D eigenvalue weighted by Gasteiger charge is -2.13. The molecule has 2 rings (SSSR count). The van der Waals surface area contributed by atoms with Gasteiger partial charge in [0, 0.05) is 17.8 Å². The lowest BCUT2D eigenvalue weighted by Crippen LogP contribution is -2.13. The van der Waals surface area contributed by atoms with E-state index in [4.69, 9.17) is 16.9 Å². The van der Waals surface area contributed by atoms with E-state index in [1.165, 1.54) is 0 Å². The van der Waals surface area contributed by atoms with Gasteiger partial charge in [0.25, 0.3) is 0 Å². The number of halogens is 1. The summed E-state index contributed by atoms with van der Waals surface area (Å²) in [5.74, 6) is 0.470. The fourth-order valence-corrected chi connectivity index (χ4v) is 1.76. The van der Waals surface area contributed by atoms with Crippen LogP contribution in [0.3, 0.4) is 0 Å². The molecule has 0 bridgehead atoms. The van der Waals surface area contributed by atoms with Gasteiger partial charge in [-0.15, -0.1) is 0 Å². The van der Waals surface area contributed by atoms with Crippen LogP contribution in [0.1, 0.15) is 17.2 Å². The molecule has 4 nitrogen and oxygen atoms in total. The maximum Gasteiger partial charge on any atom is 0.143 e. The maximum absolute atomic E-state index is 10.0. The minimum absolute atomic E-state index is 0.271. The van der Waals surface area contributed by atoms with Crippen LogP contribution in [0.2, 0.25) is 5.02 Å². The summed E-state index contributed by atoms with van der Waals surface area (Å²) in [6.07, 6.45) is 0.906. The number of anilines is 1. The van der Waals surface area contributed by atoms with E-state index in [9.17, 15) is 5.11 Å². The van der Waals surface area contributed by atoms with Crippen LogP contribution in [0.4, 0.5) is 5.82 Å². The molecule has 1 atom stereocenters. The Bertz CT molecular complexity index is 592. The first kappa shape index (κ1) is 13.3. The summed E-state index contributed by atoms with van der Waals surface area (Å²) in [5, 5.41) is 22.5. The van der Waals surface area contributed by atoms with Crippen molar-refractivity contribution in [1.29, 1.82) is 5.26 Å². The molecule has 5 heteroatoms. The Hall–Kier alpha value is -2.09. The van der Waals surface area contributed by atoms with Crippen molar-refractivity contribution < 1.29 is 5.11 Å². The Kier molecular flexibility index (Phi) is 4.35. The molecule has 96 valence electrons. The highest BCUT2D eigenvalue weighted by Gasteiger charge is 2.09. The largest absolute Gasteiger partial charge is 0.387 e. The van der Waals surface area contributed by atoms with E-state index in [1.54, 1.807) is 42.6 Å². The summed E-state index contributed by atoms with van der Waals surface area (Å²) >= 11 is 5.79. The molecular weight excluding hydrogens is 262 g/mol. The van der Waals surface area contributed by atoms with Gasteiger partial charge in [-0.05, 0) is 29.8 Å². The zero-order chi connectivity index (χ0) is 13.7. The van der Waals surface area contributed by atoms with Crippen molar-refractivity contribution >= 4 is 17.4 Å². The lowest BCUT2D eigenvalue weighted by molar-refractivity contribution is 0.191. The highest BCUT2D eigenvalue weighted by molar-refractivity contribution is 6.30. The van der Waals surface area contributed by atoms with Gasteiger partial charge in [-0.2, -0.15) is 5.26 Å². The number of rotatable bonds is 4. The minimum Gasteiger partial charge on any atom is -0.387 e. The van der Waals surface area contributed by atoms with E-state index >= 15 is 0 Å². The number of nitriles is 1. The van der Waals surface area contributed by atoms with E-state index in [-0.39, 0.29) is 6.54 Å². The van der Waals surface area contributed by atoms with Gasteiger partial charge in [0.1, 0.15) is 11.9 Å². The van der Waals surface area contributed by atoms with Crippen LogP contribution in [0.25, 0.3) is 0 Å². The summed E-state index contributed by atoms with van der Waals surface area (Å²) in [6.45, 7) is 0.271. The molecule has 0 saturated heterocycles. The molecule has 2 aromatic rings. The van der Waals surface area contributed by atoms with Gasteiger partial charge in [0.15, 0.2) is 0 Å². The molecular formula is C14H12ClN3O. The molecule has 0 unspecified atom stereocenters. The molecule has 1 aromatic carbocycles. The number of hydrogen-bond acceptors (Lipinski definition) is 4. The fourth-order valence-electron chi connectivity index (χ4n) is 1.63. The molecule has 0 spiro atoms. The minimum atomic E-state index is -0.689. The summed E-state index contributed by atoms with van der Waals surface area (Å²) in [7, 11) is 0. The van der Waals surface area contributed by atoms with Crippen LogP contribution in [0.5, 0.6) is 0 Å². The van der Waals surface area contributed by atoms with Gasteiger partial charge in [0.2, 0.25) is 0 Å². The first-order valence-electron chi connectivity index (χ1n) is 5.73. The van der Waals surface area contributed by atoms with Crippen LogP contribution in [-0.4, -0.2) is 16.6 Å². The van der Waals surface area contributed by atoms with Gasteiger partial charge in [0.05, 0.1) is 11.7 Å². The SMILES string of the molecule is N#Cc1cccnc1NC[C@H](O)c1ccc(Cl)cc1. The van der Waals surface area contributed by atoms with E-state index in [1.807, 2.05) is 6.07 Å². The van der Waals surface area contributed by atoms with Crippen molar-refractivity contribution in [2.45, 2.75) is 6.10 Å². The standard InChI is InChI=1S/C14H12ClN3O/c15-12-5-3-10(4-6-12)13(19)9-18-14-11(8-16)2-1-7-17-14/h1-7,13,19H,9H2,(H,17,18)/t13-/m0/s1. The summed E-state index contributed by atoms with van der Waals surface area (Å²) in [6, 6.07) is 12.4. The van der Waals surface area contributed by atoms with E-state index < -0.39 is 6.10 Å². The first-order valence-corrected chi connectivity index (χ1v) is 6.11. The molecule has 0 amide bonds. The molecule has 0 aliphatic carbocycles. The number of aliphatic hydroxyl groups is 1. The third-order valence-corrected chi connectivity index (χ3v) is 2.90.